The number of thiocarbonyl (C=S) groups is 1. The first-order chi connectivity index (χ1) is 9.45. The Kier molecular flexibility index (Phi) is 4.24. The lowest BCUT2D eigenvalue weighted by Crippen LogP contribution is -2.11. The maximum absolute atomic E-state index is 13.6. The van der Waals surface area contributed by atoms with Crippen molar-refractivity contribution in [1.29, 1.82) is 0 Å². The van der Waals surface area contributed by atoms with Gasteiger partial charge in [-0.15, -0.1) is 0 Å². The summed E-state index contributed by atoms with van der Waals surface area (Å²) in [6.45, 7) is -0.0828. The van der Waals surface area contributed by atoms with E-state index >= 15 is 0 Å². The highest BCUT2D eigenvalue weighted by molar-refractivity contribution is 7.80. The van der Waals surface area contributed by atoms with Crippen LogP contribution >= 0.6 is 12.2 Å². The molecule has 104 valence electrons. The summed E-state index contributed by atoms with van der Waals surface area (Å²) in [6, 6.07) is 7.03. The molecule has 0 unspecified atom stereocenters. The lowest BCUT2D eigenvalue weighted by Gasteiger charge is -2.08. The molecule has 0 aromatic heterocycles. The van der Waals surface area contributed by atoms with Gasteiger partial charge >= 0.3 is 0 Å². The standard InChI is InChI=1S/C14H10F3NOS/c15-9-3-8(4-10(16)5-9)7-19-11-1-2-12(14(18)20)13(17)6-11/h1-6H,7H2,(H2,18,20). The lowest BCUT2D eigenvalue weighted by atomic mass is 10.2. The number of rotatable bonds is 4. The van der Waals surface area contributed by atoms with Crippen molar-refractivity contribution >= 4 is 17.2 Å². The Labute approximate surface area is 119 Å². The zero-order valence-electron chi connectivity index (χ0n) is 10.2. The molecule has 2 aromatic carbocycles. The molecule has 0 radical (unpaired) electrons. The van der Waals surface area contributed by atoms with Crippen LogP contribution in [-0.2, 0) is 6.61 Å². The summed E-state index contributed by atoms with van der Waals surface area (Å²) in [5.41, 5.74) is 5.75. The van der Waals surface area contributed by atoms with Crippen molar-refractivity contribution < 1.29 is 17.9 Å². The molecule has 0 spiro atoms. The van der Waals surface area contributed by atoms with Crippen molar-refractivity contribution in [3.8, 4) is 5.75 Å². The number of halogens is 3. The molecular formula is C14H10F3NOS. The van der Waals surface area contributed by atoms with E-state index in [9.17, 15) is 13.2 Å². The first kappa shape index (κ1) is 14.3. The maximum atomic E-state index is 13.6. The first-order valence-electron chi connectivity index (χ1n) is 5.63. The predicted octanol–water partition coefficient (Wildman–Crippen LogP) is 3.32. The fraction of sp³-hybridized carbons (Fsp3) is 0.0714. The molecular weight excluding hydrogens is 287 g/mol. The smallest absolute Gasteiger partial charge is 0.137 e. The molecule has 0 aliphatic heterocycles. The molecule has 0 aliphatic carbocycles. The number of ether oxygens (including phenoxy) is 1. The van der Waals surface area contributed by atoms with E-state index in [1.54, 1.807) is 0 Å². The minimum Gasteiger partial charge on any atom is -0.489 e. The maximum Gasteiger partial charge on any atom is 0.137 e. The Morgan fingerprint density at radius 1 is 1.05 bits per heavy atom. The molecule has 0 atom stereocenters. The Morgan fingerprint density at radius 3 is 2.25 bits per heavy atom. The zero-order chi connectivity index (χ0) is 14.7. The zero-order valence-corrected chi connectivity index (χ0v) is 11.0. The Morgan fingerprint density at radius 2 is 1.70 bits per heavy atom. The molecule has 0 fully saturated rings. The third-order valence-electron chi connectivity index (χ3n) is 2.53. The number of hydrogen-bond donors (Lipinski definition) is 1. The van der Waals surface area contributed by atoms with Gasteiger partial charge in [-0.3, -0.25) is 0 Å². The summed E-state index contributed by atoms with van der Waals surface area (Å²) in [5, 5.41) is 0. The van der Waals surface area contributed by atoms with Gasteiger partial charge in [0.15, 0.2) is 0 Å². The van der Waals surface area contributed by atoms with Gasteiger partial charge in [-0.05, 0) is 29.8 Å². The second-order valence-electron chi connectivity index (χ2n) is 4.07. The molecule has 6 heteroatoms. The fourth-order valence-electron chi connectivity index (χ4n) is 1.65. The van der Waals surface area contributed by atoms with E-state index < -0.39 is 17.5 Å². The van der Waals surface area contributed by atoms with Gasteiger partial charge in [-0.25, -0.2) is 13.2 Å². The molecule has 0 bridgehead atoms. The second-order valence-corrected chi connectivity index (χ2v) is 4.51. The van der Waals surface area contributed by atoms with Crippen molar-refractivity contribution in [2.45, 2.75) is 6.61 Å². The second kappa shape index (κ2) is 5.92. The largest absolute Gasteiger partial charge is 0.489 e. The van der Waals surface area contributed by atoms with E-state index in [4.69, 9.17) is 10.5 Å². The highest BCUT2D eigenvalue weighted by Gasteiger charge is 2.07. The minimum atomic E-state index is -0.696. The van der Waals surface area contributed by atoms with Gasteiger partial charge < -0.3 is 10.5 Å². The van der Waals surface area contributed by atoms with Gasteiger partial charge in [-0.2, -0.15) is 0 Å². The van der Waals surface area contributed by atoms with Crippen LogP contribution in [0.2, 0.25) is 0 Å². The van der Waals surface area contributed by atoms with E-state index in [0.29, 0.717) is 5.56 Å². The summed E-state index contributed by atoms with van der Waals surface area (Å²) in [7, 11) is 0. The number of benzene rings is 2. The van der Waals surface area contributed by atoms with E-state index in [2.05, 4.69) is 12.2 Å². The molecule has 2 rings (SSSR count). The third kappa shape index (κ3) is 3.48. The Balaban J connectivity index is 2.11. The average Bonchev–Trinajstić information content (AvgIpc) is 2.35. The summed E-state index contributed by atoms with van der Waals surface area (Å²) in [4.78, 5) is -0.0544. The molecule has 0 saturated heterocycles. The van der Waals surface area contributed by atoms with Crippen molar-refractivity contribution in [3.63, 3.8) is 0 Å². The number of nitrogens with two attached hydrogens (primary N) is 1. The van der Waals surface area contributed by atoms with Gasteiger partial charge in [0.05, 0.1) is 0 Å². The minimum absolute atomic E-state index is 0.0544. The highest BCUT2D eigenvalue weighted by atomic mass is 32.1. The van der Waals surface area contributed by atoms with Crippen LogP contribution in [-0.4, -0.2) is 4.99 Å². The molecule has 0 heterocycles. The van der Waals surface area contributed by atoms with Gasteiger partial charge in [0, 0.05) is 17.7 Å². The summed E-state index contributed by atoms with van der Waals surface area (Å²) in [6.07, 6.45) is 0. The van der Waals surface area contributed by atoms with Crippen LogP contribution in [0.5, 0.6) is 5.75 Å². The van der Waals surface area contributed by atoms with Crippen LogP contribution in [0.25, 0.3) is 0 Å². The van der Waals surface area contributed by atoms with Crippen LogP contribution in [0.4, 0.5) is 13.2 Å². The molecule has 0 aliphatic rings. The lowest BCUT2D eigenvalue weighted by molar-refractivity contribution is 0.303. The quantitative estimate of drug-likeness (QED) is 0.879. The SMILES string of the molecule is NC(=S)c1ccc(OCc2cc(F)cc(F)c2)cc1F. The van der Waals surface area contributed by atoms with E-state index in [0.717, 1.165) is 24.3 Å². The van der Waals surface area contributed by atoms with Crippen LogP contribution in [0.1, 0.15) is 11.1 Å². The van der Waals surface area contributed by atoms with Crippen molar-refractivity contribution in [2.24, 2.45) is 5.73 Å². The molecule has 0 saturated carbocycles. The first-order valence-corrected chi connectivity index (χ1v) is 6.03. The Bertz CT molecular complexity index is 641. The van der Waals surface area contributed by atoms with Crippen LogP contribution in [0.15, 0.2) is 36.4 Å². The van der Waals surface area contributed by atoms with E-state index in [-0.39, 0.29) is 22.9 Å². The van der Waals surface area contributed by atoms with Gasteiger partial charge in [0.1, 0.15) is 34.8 Å². The fourth-order valence-corrected chi connectivity index (χ4v) is 1.81. The van der Waals surface area contributed by atoms with E-state index in [1.165, 1.54) is 12.1 Å². The monoisotopic (exact) mass is 297 g/mol. The van der Waals surface area contributed by atoms with Crippen molar-refractivity contribution in [3.05, 3.63) is 65.0 Å². The van der Waals surface area contributed by atoms with Gasteiger partial charge in [0.2, 0.25) is 0 Å². The summed E-state index contributed by atoms with van der Waals surface area (Å²) >= 11 is 4.68. The molecule has 2 nitrogen and oxygen atoms in total. The molecule has 2 aromatic rings. The molecule has 2 N–H and O–H groups in total. The van der Waals surface area contributed by atoms with Crippen molar-refractivity contribution in [1.82, 2.24) is 0 Å². The predicted molar refractivity (Wildman–Crippen MR) is 73.0 cm³/mol. The van der Waals surface area contributed by atoms with Crippen LogP contribution in [0.3, 0.4) is 0 Å². The summed E-state index contributed by atoms with van der Waals surface area (Å²) < 4.78 is 44.8. The average molecular weight is 297 g/mol. The topological polar surface area (TPSA) is 35.2 Å². The van der Waals surface area contributed by atoms with Gasteiger partial charge in [0.25, 0.3) is 0 Å². The third-order valence-corrected chi connectivity index (χ3v) is 2.75. The number of hydrogen-bond acceptors (Lipinski definition) is 2. The highest BCUT2D eigenvalue weighted by Crippen LogP contribution is 2.18. The van der Waals surface area contributed by atoms with Crippen molar-refractivity contribution in [2.75, 3.05) is 0 Å². The van der Waals surface area contributed by atoms with Crippen LogP contribution in [0, 0.1) is 17.5 Å². The normalized spacial score (nSPS) is 10.3. The summed E-state index contributed by atoms with van der Waals surface area (Å²) in [5.74, 6) is -1.79. The molecule has 0 amide bonds. The molecule has 20 heavy (non-hydrogen) atoms. The van der Waals surface area contributed by atoms with E-state index in [1.807, 2.05) is 0 Å². The Hall–Kier alpha value is -2.08. The van der Waals surface area contributed by atoms with Crippen LogP contribution < -0.4 is 10.5 Å². The van der Waals surface area contributed by atoms with Gasteiger partial charge in [-0.1, -0.05) is 12.2 Å².